The molecule has 0 aliphatic carbocycles. The van der Waals surface area contributed by atoms with Gasteiger partial charge in [0, 0.05) is 6.07 Å². The minimum atomic E-state index is -4.10. The highest BCUT2D eigenvalue weighted by Gasteiger charge is 2.18. The average molecular weight is 356 g/mol. The van der Waals surface area contributed by atoms with Crippen molar-refractivity contribution >= 4 is 27.6 Å². The van der Waals surface area contributed by atoms with Crippen molar-refractivity contribution in [2.24, 2.45) is 10.2 Å². The van der Waals surface area contributed by atoms with E-state index in [0.717, 1.165) is 36.5 Å². The van der Waals surface area contributed by atoms with Crippen molar-refractivity contribution in [3.05, 3.63) is 63.7 Å². The van der Waals surface area contributed by atoms with Gasteiger partial charge in [-0.1, -0.05) is 6.07 Å². The number of nitro groups is 1. The molecule has 0 aliphatic heterocycles. The van der Waals surface area contributed by atoms with Gasteiger partial charge in [0.25, 0.3) is 5.69 Å². The second-order valence-corrected chi connectivity index (χ2v) is 6.09. The van der Waals surface area contributed by atoms with Crippen LogP contribution in [0.5, 0.6) is 0 Å². The van der Waals surface area contributed by atoms with Gasteiger partial charge in [0.15, 0.2) is 11.6 Å². The summed E-state index contributed by atoms with van der Waals surface area (Å²) in [5.74, 6) is -2.09. The van der Waals surface area contributed by atoms with Gasteiger partial charge in [0.2, 0.25) is 10.0 Å². The zero-order valence-corrected chi connectivity index (χ0v) is 12.6. The summed E-state index contributed by atoms with van der Waals surface area (Å²) in [5.41, 5.74) is 1.87. The van der Waals surface area contributed by atoms with Gasteiger partial charge in [-0.2, -0.15) is 5.10 Å². The summed E-state index contributed by atoms with van der Waals surface area (Å²) < 4.78 is 48.3. The maximum Gasteiger partial charge on any atom is 0.295 e. The lowest BCUT2D eigenvalue weighted by Gasteiger charge is -2.04. The van der Waals surface area contributed by atoms with Crippen LogP contribution in [-0.4, -0.2) is 19.6 Å². The highest BCUT2D eigenvalue weighted by Crippen LogP contribution is 2.27. The molecular formula is C13H10F2N4O4S. The van der Waals surface area contributed by atoms with E-state index in [1.54, 1.807) is 0 Å². The molecule has 24 heavy (non-hydrogen) atoms. The van der Waals surface area contributed by atoms with Crippen LogP contribution in [0.15, 0.2) is 46.4 Å². The van der Waals surface area contributed by atoms with E-state index >= 15 is 0 Å². The lowest BCUT2D eigenvalue weighted by Crippen LogP contribution is -2.12. The third-order valence-electron chi connectivity index (χ3n) is 2.84. The fourth-order valence-corrected chi connectivity index (χ4v) is 2.24. The van der Waals surface area contributed by atoms with Gasteiger partial charge in [-0.15, -0.1) is 0 Å². The van der Waals surface area contributed by atoms with Gasteiger partial charge < -0.3 is 0 Å². The Balaban J connectivity index is 2.27. The third kappa shape index (κ3) is 4.08. The predicted octanol–water partition coefficient (Wildman–Crippen LogP) is 1.97. The van der Waals surface area contributed by atoms with Crippen molar-refractivity contribution in [2.45, 2.75) is 4.90 Å². The zero-order chi connectivity index (χ0) is 17.9. The summed E-state index contributed by atoms with van der Waals surface area (Å²) in [6, 6.07) is 6.00. The van der Waals surface area contributed by atoms with Crippen molar-refractivity contribution < 1.29 is 22.1 Å². The maximum absolute atomic E-state index is 13.0. The molecule has 2 aromatic carbocycles. The molecule has 0 aromatic heterocycles. The number of nitro benzene ring substituents is 1. The number of nitrogens with one attached hydrogen (secondary N) is 1. The molecule has 0 saturated carbocycles. The number of primary sulfonamides is 1. The lowest BCUT2D eigenvalue weighted by molar-refractivity contribution is -0.384. The number of sulfonamides is 1. The molecule has 0 atom stereocenters. The molecule has 126 valence electrons. The lowest BCUT2D eigenvalue weighted by atomic mass is 10.2. The molecule has 11 heteroatoms. The van der Waals surface area contributed by atoms with Crippen molar-refractivity contribution in [1.29, 1.82) is 0 Å². The Hall–Kier alpha value is -2.92. The molecule has 0 saturated heterocycles. The van der Waals surface area contributed by atoms with Crippen LogP contribution >= 0.6 is 0 Å². The first kappa shape index (κ1) is 17.4. The van der Waals surface area contributed by atoms with E-state index < -0.39 is 37.2 Å². The number of rotatable bonds is 5. The smallest absolute Gasteiger partial charge is 0.272 e. The number of anilines is 1. The third-order valence-corrected chi connectivity index (χ3v) is 3.75. The molecule has 0 aliphatic rings. The molecule has 0 heterocycles. The predicted molar refractivity (Wildman–Crippen MR) is 82.0 cm³/mol. The standard InChI is InChI=1S/C13H10F2N4O4S/c14-10-3-1-8(5-11(10)15)7-17-18-12-4-2-9(24(16,22)23)6-13(12)19(20)21/h1-7,18H,(H2,16,22,23)/b17-7+. The fraction of sp³-hybridized carbons (Fsp3) is 0. The number of hydrogen-bond acceptors (Lipinski definition) is 6. The second kappa shape index (κ2) is 6.68. The number of nitrogens with zero attached hydrogens (tertiary/aromatic N) is 2. The minimum absolute atomic E-state index is 0.105. The van der Waals surface area contributed by atoms with Gasteiger partial charge >= 0.3 is 0 Å². The molecule has 8 nitrogen and oxygen atoms in total. The maximum atomic E-state index is 13.0. The Morgan fingerprint density at radius 2 is 1.88 bits per heavy atom. The van der Waals surface area contributed by atoms with E-state index in [9.17, 15) is 27.3 Å². The topological polar surface area (TPSA) is 128 Å². The van der Waals surface area contributed by atoms with Gasteiger partial charge in [0.05, 0.1) is 16.0 Å². The van der Waals surface area contributed by atoms with E-state index in [2.05, 4.69) is 10.5 Å². The molecule has 0 radical (unpaired) electrons. The second-order valence-electron chi connectivity index (χ2n) is 4.52. The number of halogens is 2. The molecule has 0 spiro atoms. The van der Waals surface area contributed by atoms with Crippen LogP contribution in [0, 0.1) is 21.7 Å². The van der Waals surface area contributed by atoms with Crippen LogP contribution in [0.25, 0.3) is 0 Å². The minimum Gasteiger partial charge on any atom is -0.272 e. The van der Waals surface area contributed by atoms with Crippen LogP contribution in [0.2, 0.25) is 0 Å². The van der Waals surface area contributed by atoms with E-state index in [-0.39, 0.29) is 11.3 Å². The van der Waals surface area contributed by atoms with E-state index in [4.69, 9.17) is 5.14 Å². The Labute approximate surface area is 134 Å². The molecular weight excluding hydrogens is 346 g/mol. The SMILES string of the molecule is NS(=O)(=O)c1ccc(N/N=C/c2ccc(F)c(F)c2)c([N+](=O)[O-])c1. The van der Waals surface area contributed by atoms with Crippen LogP contribution < -0.4 is 10.6 Å². The molecule has 0 bridgehead atoms. The largest absolute Gasteiger partial charge is 0.295 e. The van der Waals surface area contributed by atoms with Gasteiger partial charge in [-0.25, -0.2) is 22.3 Å². The quantitative estimate of drug-likeness (QED) is 0.481. The first-order chi connectivity index (χ1) is 11.2. The Kier molecular flexibility index (Phi) is 4.85. The van der Waals surface area contributed by atoms with E-state index in [1.165, 1.54) is 6.07 Å². The summed E-state index contributed by atoms with van der Waals surface area (Å²) in [4.78, 5) is 9.76. The number of nitrogens with two attached hydrogens (primary N) is 1. The Morgan fingerprint density at radius 3 is 2.46 bits per heavy atom. The summed E-state index contributed by atoms with van der Waals surface area (Å²) >= 11 is 0. The number of benzene rings is 2. The molecule has 2 aromatic rings. The highest BCUT2D eigenvalue weighted by atomic mass is 32.2. The van der Waals surface area contributed by atoms with E-state index in [0.29, 0.717) is 0 Å². The fourth-order valence-electron chi connectivity index (χ4n) is 1.70. The molecule has 0 amide bonds. The van der Waals surface area contributed by atoms with Gasteiger partial charge in [0.1, 0.15) is 5.69 Å². The Morgan fingerprint density at radius 1 is 1.17 bits per heavy atom. The van der Waals surface area contributed by atoms with Crippen molar-refractivity contribution in [3.63, 3.8) is 0 Å². The number of hydrazone groups is 1. The number of hydrogen-bond donors (Lipinski definition) is 2. The first-order valence-corrected chi connectivity index (χ1v) is 7.78. The average Bonchev–Trinajstić information content (AvgIpc) is 2.50. The normalized spacial score (nSPS) is 11.6. The van der Waals surface area contributed by atoms with Crippen LogP contribution in [0.4, 0.5) is 20.2 Å². The molecule has 3 N–H and O–H groups in total. The first-order valence-electron chi connectivity index (χ1n) is 6.24. The van der Waals surface area contributed by atoms with E-state index in [1.807, 2.05) is 0 Å². The van der Waals surface area contributed by atoms with Crippen LogP contribution in [0.3, 0.4) is 0 Å². The van der Waals surface area contributed by atoms with Crippen molar-refractivity contribution in [1.82, 2.24) is 0 Å². The monoisotopic (exact) mass is 356 g/mol. The van der Waals surface area contributed by atoms with Crippen molar-refractivity contribution in [3.8, 4) is 0 Å². The summed E-state index contributed by atoms with van der Waals surface area (Å²) in [6.45, 7) is 0. The molecule has 2 rings (SSSR count). The zero-order valence-electron chi connectivity index (χ0n) is 11.8. The van der Waals surface area contributed by atoms with Crippen LogP contribution in [0.1, 0.15) is 5.56 Å². The van der Waals surface area contributed by atoms with Gasteiger partial charge in [-0.3, -0.25) is 15.5 Å². The summed E-state index contributed by atoms with van der Waals surface area (Å²) in [5, 5.41) is 19.6. The Bertz CT molecular complexity index is 932. The van der Waals surface area contributed by atoms with Gasteiger partial charge in [-0.05, 0) is 29.8 Å². The molecule has 0 fully saturated rings. The highest BCUT2D eigenvalue weighted by molar-refractivity contribution is 7.89. The molecule has 0 unspecified atom stereocenters. The summed E-state index contributed by atoms with van der Waals surface area (Å²) in [7, 11) is -4.10. The van der Waals surface area contributed by atoms with Crippen molar-refractivity contribution in [2.75, 3.05) is 5.43 Å². The summed E-state index contributed by atoms with van der Waals surface area (Å²) in [6.07, 6.45) is 1.11. The van der Waals surface area contributed by atoms with Crippen LogP contribution in [-0.2, 0) is 10.0 Å².